The first-order valence-corrected chi connectivity index (χ1v) is 7.13. The number of carbonyl (C=O) groups excluding carboxylic acids is 1. The van der Waals surface area contributed by atoms with E-state index in [2.05, 4.69) is 10.3 Å². The summed E-state index contributed by atoms with van der Waals surface area (Å²) < 4.78 is 14.8. The summed E-state index contributed by atoms with van der Waals surface area (Å²) in [5.41, 5.74) is 1.56. The van der Waals surface area contributed by atoms with E-state index in [1.54, 1.807) is 25.3 Å². The maximum Gasteiger partial charge on any atom is 0.276 e. The zero-order valence-corrected chi connectivity index (χ0v) is 11.9. The van der Waals surface area contributed by atoms with Gasteiger partial charge in [0.05, 0.1) is 11.9 Å². The highest BCUT2D eigenvalue weighted by molar-refractivity contribution is 5.92. The molecule has 2 aromatic rings. The van der Waals surface area contributed by atoms with Crippen LogP contribution in [0.15, 0.2) is 24.4 Å². The summed E-state index contributed by atoms with van der Waals surface area (Å²) >= 11 is 0. The molecule has 3 rings (SSSR count). The molecule has 6 heteroatoms. The lowest BCUT2D eigenvalue weighted by molar-refractivity contribution is 0.0718. The van der Waals surface area contributed by atoms with Crippen molar-refractivity contribution in [3.63, 3.8) is 0 Å². The number of carbonyl (C=O) groups is 1. The van der Waals surface area contributed by atoms with E-state index in [9.17, 15) is 9.18 Å². The van der Waals surface area contributed by atoms with Crippen LogP contribution in [0.4, 0.5) is 4.39 Å². The molecule has 1 aromatic heterocycles. The second-order valence-corrected chi connectivity index (χ2v) is 5.33. The predicted octanol–water partition coefficient (Wildman–Crippen LogP) is 2.34. The summed E-state index contributed by atoms with van der Waals surface area (Å²) in [4.78, 5) is 14.1. The van der Waals surface area contributed by atoms with Crippen LogP contribution < -0.4 is 0 Å². The van der Waals surface area contributed by atoms with E-state index < -0.39 is 0 Å². The van der Waals surface area contributed by atoms with Gasteiger partial charge >= 0.3 is 0 Å². The Morgan fingerprint density at radius 2 is 2.00 bits per heavy atom. The lowest BCUT2D eigenvalue weighted by Crippen LogP contribution is -2.35. The normalized spacial score (nSPS) is 15.2. The molecule has 1 fully saturated rings. The monoisotopic (exact) mass is 288 g/mol. The quantitative estimate of drug-likeness (QED) is 0.852. The molecular formula is C15H17FN4O. The molecule has 0 radical (unpaired) electrons. The average Bonchev–Trinajstić information content (AvgIpc) is 3.00. The minimum absolute atomic E-state index is 0.0835. The minimum Gasteiger partial charge on any atom is -0.337 e. The maximum absolute atomic E-state index is 13.3. The van der Waals surface area contributed by atoms with Crippen LogP contribution in [0.1, 0.15) is 35.3 Å². The van der Waals surface area contributed by atoms with Crippen molar-refractivity contribution in [2.75, 3.05) is 13.1 Å². The van der Waals surface area contributed by atoms with Crippen molar-refractivity contribution in [1.29, 1.82) is 0 Å². The lowest BCUT2D eigenvalue weighted by atomic mass is 10.1. The summed E-state index contributed by atoms with van der Waals surface area (Å²) in [5.74, 6) is -0.344. The van der Waals surface area contributed by atoms with Crippen LogP contribution in [0, 0.1) is 12.7 Å². The van der Waals surface area contributed by atoms with Crippen molar-refractivity contribution >= 4 is 5.91 Å². The van der Waals surface area contributed by atoms with Crippen LogP contribution in [0.2, 0.25) is 0 Å². The van der Waals surface area contributed by atoms with E-state index in [0.717, 1.165) is 25.9 Å². The second-order valence-electron chi connectivity index (χ2n) is 5.33. The molecule has 1 aliphatic heterocycles. The number of hydrogen-bond acceptors (Lipinski definition) is 3. The Balaban J connectivity index is 1.82. The molecule has 0 spiro atoms. The van der Waals surface area contributed by atoms with Crippen molar-refractivity contribution in [1.82, 2.24) is 19.9 Å². The SMILES string of the molecule is Cc1cc(-n2cc(C(=O)N3CCCCC3)nn2)ccc1F. The third-order valence-electron chi connectivity index (χ3n) is 3.76. The predicted molar refractivity (Wildman–Crippen MR) is 75.8 cm³/mol. The molecule has 1 aromatic carbocycles. The first-order valence-electron chi connectivity index (χ1n) is 7.13. The van der Waals surface area contributed by atoms with Crippen LogP contribution in [-0.4, -0.2) is 38.9 Å². The van der Waals surface area contributed by atoms with Crippen LogP contribution in [0.5, 0.6) is 0 Å². The largest absolute Gasteiger partial charge is 0.337 e. The van der Waals surface area contributed by atoms with Crippen LogP contribution in [0.25, 0.3) is 5.69 Å². The highest BCUT2D eigenvalue weighted by Gasteiger charge is 2.21. The summed E-state index contributed by atoms with van der Waals surface area (Å²) in [6.07, 6.45) is 4.85. The van der Waals surface area contributed by atoms with Gasteiger partial charge in [0.15, 0.2) is 5.69 Å². The number of halogens is 1. The first-order chi connectivity index (χ1) is 10.1. The number of benzene rings is 1. The van der Waals surface area contributed by atoms with Gasteiger partial charge in [-0.15, -0.1) is 5.10 Å². The smallest absolute Gasteiger partial charge is 0.276 e. The second kappa shape index (κ2) is 5.63. The number of hydrogen-bond donors (Lipinski definition) is 0. The average molecular weight is 288 g/mol. The van der Waals surface area contributed by atoms with E-state index in [4.69, 9.17) is 0 Å². The molecule has 0 atom stereocenters. The molecule has 0 N–H and O–H groups in total. The van der Waals surface area contributed by atoms with Gasteiger partial charge in [0, 0.05) is 13.1 Å². The van der Waals surface area contributed by atoms with Gasteiger partial charge < -0.3 is 4.90 Å². The van der Waals surface area contributed by atoms with Crippen molar-refractivity contribution < 1.29 is 9.18 Å². The van der Waals surface area contributed by atoms with Crippen molar-refractivity contribution in [3.05, 3.63) is 41.5 Å². The Morgan fingerprint density at radius 3 is 2.71 bits per heavy atom. The molecule has 5 nitrogen and oxygen atoms in total. The summed E-state index contributed by atoms with van der Waals surface area (Å²) in [7, 11) is 0. The molecule has 110 valence electrons. The standard InChI is InChI=1S/C15H17FN4O/c1-11-9-12(5-6-13(11)16)20-10-14(17-18-20)15(21)19-7-3-2-4-8-19/h5-6,9-10H,2-4,7-8H2,1H3. The Bertz CT molecular complexity index is 661. The van der Waals surface area contributed by atoms with Crippen LogP contribution in [-0.2, 0) is 0 Å². The summed E-state index contributed by atoms with van der Waals surface area (Å²) in [6, 6.07) is 4.68. The Kier molecular flexibility index (Phi) is 3.68. The molecule has 0 bridgehead atoms. The highest BCUT2D eigenvalue weighted by Crippen LogP contribution is 2.15. The third-order valence-corrected chi connectivity index (χ3v) is 3.76. The van der Waals surface area contributed by atoms with E-state index in [0.29, 0.717) is 16.9 Å². The fourth-order valence-electron chi connectivity index (χ4n) is 2.52. The summed E-state index contributed by atoms with van der Waals surface area (Å²) in [5, 5.41) is 7.92. The topological polar surface area (TPSA) is 51.0 Å². The van der Waals surface area contributed by atoms with Gasteiger partial charge in [-0.05, 0) is 49.9 Å². The number of likely N-dealkylation sites (tertiary alicyclic amines) is 1. The molecule has 0 unspecified atom stereocenters. The highest BCUT2D eigenvalue weighted by atomic mass is 19.1. The molecule has 1 aliphatic rings. The molecule has 21 heavy (non-hydrogen) atoms. The fraction of sp³-hybridized carbons (Fsp3) is 0.400. The summed E-state index contributed by atoms with van der Waals surface area (Å²) in [6.45, 7) is 3.25. The molecule has 0 aliphatic carbocycles. The van der Waals surface area contributed by atoms with Crippen LogP contribution >= 0.6 is 0 Å². The number of piperidine rings is 1. The Morgan fingerprint density at radius 1 is 1.24 bits per heavy atom. The Labute approximate surface area is 122 Å². The van der Waals surface area contributed by atoms with E-state index >= 15 is 0 Å². The van der Waals surface area contributed by atoms with Gasteiger partial charge in [-0.2, -0.15) is 0 Å². The van der Waals surface area contributed by atoms with Gasteiger partial charge in [0.25, 0.3) is 5.91 Å². The Hall–Kier alpha value is -2.24. The van der Waals surface area contributed by atoms with Crippen molar-refractivity contribution in [2.45, 2.75) is 26.2 Å². The van der Waals surface area contributed by atoms with E-state index in [-0.39, 0.29) is 11.7 Å². The third kappa shape index (κ3) is 2.79. The zero-order chi connectivity index (χ0) is 14.8. The number of nitrogens with zero attached hydrogens (tertiary/aromatic N) is 4. The van der Waals surface area contributed by atoms with Gasteiger partial charge in [0.1, 0.15) is 5.82 Å². The van der Waals surface area contributed by atoms with Crippen molar-refractivity contribution in [2.24, 2.45) is 0 Å². The van der Waals surface area contributed by atoms with Gasteiger partial charge in [-0.25, -0.2) is 9.07 Å². The van der Waals surface area contributed by atoms with E-state index in [1.165, 1.54) is 17.2 Å². The van der Waals surface area contributed by atoms with Crippen LogP contribution in [0.3, 0.4) is 0 Å². The maximum atomic E-state index is 13.3. The van der Waals surface area contributed by atoms with Gasteiger partial charge in [-0.3, -0.25) is 4.79 Å². The lowest BCUT2D eigenvalue weighted by Gasteiger charge is -2.25. The number of rotatable bonds is 2. The number of aryl methyl sites for hydroxylation is 1. The molecule has 1 saturated heterocycles. The molecule has 1 amide bonds. The number of amides is 1. The fourth-order valence-corrected chi connectivity index (χ4v) is 2.52. The molecule has 0 saturated carbocycles. The zero-order valence-electron chi connectivity index (χ0n) is 11.9. The molecule has 2 heterocycles. The first kappa shape index (κ1) is 13.7. The minimum atomic E-state index is -0.261. The van der Waals surface area contributed by atoms with Crippen molar-refractivity contribution in [3.8, 4) is 5.69 Å². The van der Waals surface area contributed by atoms with E-state index in [1.807, 2.05) is 4.90 Å². The van der Waals surface area contributed by atoms with Gasteiger partial charge in [0.2, 0.25) is 0 Å². The number of aromatic nitrogens is 3. The van der Waals surface area contributed by atoms with Gasteiger partial charge in [-0.1, -0.05) is 5.21 Å². The molecular weight excluding hydrogens is 271 g/mol.